The molecular weight excluding hydrogens is 1420 g/mol. The lowest BCUT2D eigenvalue weighted by Crippen LogP contribution is -2.41. The first kappa shape index (κ1) is 65.9. The van der Waals surface area contributed by atoms with Crippen molar-refractivity contribution in [2.24, 2.45) is 0 Å². The van der Waals surface area contributed by atoms with Gasteiger partial charge < -0.3 is 18.9 Å². The molecule has 0 fully saturated rings. The number of fused-ring (bicyclic) bond motifs is 23. The first-order chi connectivity index (χ1) is 56.6. The lowest BCUT2D eigenvalue weighted by atomic mass is 9.77. The number of hydrogen-bond donors (Lipinski definition) is 0. The van der Waals surface area contributed by atoms with Gasteiger partial charge in [0, 0.05) is 66.1 Å². The van der Waals surface area contributed by atoms with Crippen LogP contribution in [0.2, 0.25) is 0 Å². The molecule has 8 heteroatoms. The van der Waals surface area contributed by atoms with Gasteiger partial charge in [0.2, 0.25) is 22.8 Å². The Morgan fingerprint density at radius 3 is 0.879 bits per heavy atom. The van der Waals surface area contributed by atoms with Gasteiger partial charge in [-0.2, -0.15) is 18.3 Å². The molecule has 4 aromatic heterocycles. The highest BCUT2D eigenvalue weighted by atomic mass is 16.5. The summed E-state index contributed by atoms with van der Waals surface area (Å²) in [6.07, 6.45) is 8.90. The number of aromatic nitrogens is 4. The highest BCUT2D eigenvalue weighted by Crippen LogP contribution is 2.62. The molecule has 116 heavy (non-hydrogen) atoms. The van der Waals surface area contributed by atoms with Gasteiger partial charge in [-0.15, -0.1) is 0 Å². The normalized spacial score (nSPS) is 15.7. The minimum absolute atomic E-state index is 0.0419. The van der Waals surface area contributed by atoms with E-state index in [9.17, 15) is 0 Å². The second kappa shape index (κ2) is 23.1. The first-order valence-electron chi connectivity index (χ1n) is 40.9. The summed E-state index contributed by atoms with van der Waals surface area (Å²) in [6, 6.07) is 97.1. The van der Waals surface area contributed by atoms with Crippen molar-refractivity contribution in [1.82, 2.24) is 0 Å². The van der Waals surface area contributed by atoms with Crippen LogP contribution < -0.4 is 37.2 Å². The van der Waals surface area contributed by atoms with Crippen molar-refractivity contribution >= 4 is 129 Å². The quantitative estimate of drug-likeness (QED) is 0.0862. The summed E-state index contributed by atoms with van der Waals surface area (Å²) in [7, 11) is 0. The third-order valence-electron chi connectivity index (χ3n) is 27.6. The van der Waals surface area contributed by atoms with Crippen molar-refractivity contribution < 1.29 is 37.2 Å². The lowest BCUT2D eigenvalue weighted by molar-refractivity contribution is -0.717. The third kappa shape index (κ3) is 8.72. The van der Waals surface area contributed by atoms with Gasteiger partial charge >= 0.3 is 0 Å². The molecule has 0 spiro atoms. The monoisotopic (exact) mass is 1500 g/mol. The molecule has 0 N–H and O–H groups in total. The predicted molar refractivity (Wildman–Crippen MR) is 469 cm³/mol. The van der Waals surface area contributed by atoms with Gasteiger partial charge in [0.1, 0.15) is 23.0 Å². The van der Waals surface area contributed by atoms with E-state index in [-0.39, 0.29) is 21.7 Å². The van der Waals surface area contributed by atoms with Crippen LogP contribution in [0.3, 0.4) is 0 Å². The zero-order chi connectivity index (χ0) is 77.3. The summed E-state index contributed by atoms with van der Waals surface area (Å²) in [4.78, 5) is 0. The zero-order valence-corrected chi connectivity index (χ0v) is 66.0. The Bertz CT molecular complexity index is 7750. The number of benzene rings is 16. The maximum atomic E-state index is 6.38. The molecule has 4 aliphatic carbocycles. The maximum absolute atomic E-state index is 6.38. The van der Waals surface area contributed by atoms with Crippen LogP contribution in [0.5, 0.6) is 23.0 Å². The van der Waals surface area contributed by atoms with Crippen molar-refractivity contribution in [1.29, 1.82) is 0 Å². The van der Waals surface area contributed by atoms with Gasteiger partial charge in [0.05, 0.1) is 22.3 Å². The average molecular weight is 1500 g/mol. The highest BCUT2D eigenvalue weighted by molar-refractivity contribution is 6.19. The Morgan fingerprint density at radius 1 is 0.216 bits per heavy atom. The summed E-state index contributed by atoms with van der Waals surface area (Å²) >= 11 is 0. The van der Waals surface area contributed by atoms with Crippen LogP contribution in [0.15, 0.2) is 292 Å². The van der Waals surface area contributed by atoms with Crippen molar-refractivity contribution in [3.8, 4) is 68.0 Å². The molecule has 28 rings (SSSR count). The molecule has 0 saturated carbocycles. The molecule has 20 aromatic rings. The molecule has 8 nitrogen and oxygen atoms in total. The Morgan fingerprint density at radius 2 is 0.500 bits per heavy atom. The molecule has 0 unspecified atom stereocenters. The minimum Gasteiger partial charge on any atom is -0.435 e. The second-order valence-corrected chi connectivity index (χ2v) is 35.3. The fourth-order valence-electron chi connectivity index (χ4n) is 22.8. The standard InChI is InChI=1S/C31H22NO.2C27H20NO.C23H18NO/c1-31(2)28-24-14-20-9-4-3-8-19(20)13-22(24)16-32-17-33-25-15-21-12-11-18-7-5-6-10-23(18)26(21)29(31)27(25)30(28)32;2*1-27(2)24-20-10-6-4-8-18(20)14-28-15-29-21-13-17-12-11-16-7-3-5-9-19(16)22(17)25(27)23(21)26(24)28;1-23(2)17-8-5-11-24-13-25-18-12-15-10-9-14-6-3-4-7-16(14)19(15)21(23)20(18)22(17)24/h3-16H,17H2,1-2H3;2*3-14H,15H2,1-2H3;3-12H,13H2,1-2H3/q4*+1. The SMILES string of the molecule is CC1(C)c2c3[n+](cc4cc5ccccc5cc24)COc2cc4ccc5ccccc5c4c1c2-3.CC1(C)c2c3[n+](cc4ccccc24)COc2cc4ccc5ccccc5c4c1c2-3.CC1(C)c2c3[n+](cc4ccccc24)COc2cc4ccc5ccccc5c4c1c2-3.CC1(C)c2ccc[n+]3c2-c2c(cc4ccc5ccccc5c4c21)OC3. The van der Waals surface area contributed by atoms with E-state index in [0.29, 0.717) is 26.9 Å². The fraction of sp³-hybridized carbons (Fsp3) is 0.148. The van der Waals surface area contributed by atoms with E-state index in [2.05, 4.69) is 365 Å². The fourth-order valence-corrected chi connectivity index (χ4v) is 22.8. The van der Waals surface area contributed by atoms with Crippen LogP contribution in [0, 0.1) is 0 Å². The van der Waals surface area contributed by atoms with E-state index in [1.54, 1.807) is 0 Å². The molecule has 8 heterocycles. The summed E-state index contributed by atoms with van der Waals surface area (Å²) in [5, 5.41) is 31.4. The van der Waals surface area contributed by atoms with Gasteiger partial charge in [-0.1, -0.05) is 262 Å². The molecule has 552 valence electrons. The van der Waals surface area contributed by atoms with E-state index in [1.165, 1.54) is 219 Å². The molecule has 4 aliphatic heterocycles. The van der Waals surface area contributed by atoms with Crippen LogP contribution in [0.4, 0.5) is 0 Å². The van der Waals surface area contributed by atoms with Gasteiger partial charge in [-0.05, 0) is 190 Å². The predicted octanol–water partition coefficient (Wildman–Crippen LogP) is 24.4. The topological polar surface area (TPSA) is 52.4 Å². The van der Waals surface area contributed by atoms with Gasteiger partial charge in [-0.25, -0.2) is 0 Å². The van der Waals surface area contributed by atoms with E-state index in [0.717, 1.165) is 23.0 Å². The van der Waals surface area contributed by atoms with E-state index in [1.807, 2.05) is 0 Å². The number of nitrogens with zero attached hydrogens (tertiary/aromatic N) is 4. The molecular formula is C108H80N4O4+4. The van der Waals surface area contributed by atoms with Crippen molar-refractivity contribution in [3.63, 3.8) is 0 Å². The molecule has 0 radical (unpaired) electrons. The smallest absolute Gasteiger partial charge is 0.292 e. The maximum Gasteiger partial charge on any atom is 0.292 e. The molecule has 0 atom stereocenters. The minimum atomic E-state index is -0.152. The Labute approximate surface area is 670 Å². The van der Waals surface area contributed by atoms with E-state index < -0.39 is 0 Å². The summed E-state index contributed by atoms with van der Waals surface area (Å²) in [5.41, 5.74) is 21.3. The third-order valence-corrected chi connectivity index (χ3v) is 27.6. The summed E-state index contributed by atoms with van der Waals surface area (Å²) < 4.78 is 34.3. The second-order valence-electron chi connectivity index (χ2n) is 35.3. The van der Waals surface area contributed by atoms with Gasteiger partial charge in [-0.3, -0.25) is 0 Å². The molecule has 8 aliphatic rings. The molecule has 0 bridgehead atoms. The largest absolute Gasteiger partial charge is 0.435 e. The van der Waals surface area contributed by atoms with Gasteiger partial charge in [0.25, 0.3) is 26.9 Å². The van der Waals surface area contributed by atoms with Gasteiger partial charge in [0.15, 0.2) is 24.8 Å². The van der Waals surface area contributed by atoms with Crippen LogP contribution in [-0.2, 0) is 48.6 Å². The van der Waals surface area contributed by atoms with Crippen LogP contribution >= 0.6 is 0 Å². The number of rotatable bonds is 0. The zero-order valence-electron chi connectivity index (χ0n) is 66.0. The van der Waals surface area contributed by atoms with Crippen LogP contribution in [0.1, 0.15) is 99.9 Å². The first-order valence-corrected chi connectivity index (χ1v) is 40.9. The highest BCUT2D eigenvalue weighted by Gasteiger charge is 2.53. The lowest BCUT2D eigenvalue weighted by Gasteiger charge is -2.24. The number of hydrogen-bond acceptors (Lipinski definition) is 4. The molecule has 16 aromatic carbocycles. The number of pyridine rings is 4. The Kier molecular flexibility index (Phi) is 13.1. The van der Waals surface area contributed by atoms with Crippen LogP contribution in [0.25, 0.3) is 174 Å². The molecule has 0 saturated heterocycles. The van der Waals surface area contributed by atoms with E-state index >= 15 is 0 Å². The van der Waals surface area contributed by atoms with E-state index in [4.69, 9.17) is 18.9 Å². The Balaban J connectivity index is 0.0000000870. The number of ether oxygens (including phenoxy) is 4. The summed E-state index contributed by atoms with van der Waals surface area (Å²) in [6.45, 7) is 21.3. The summed E-state index contributed by atoms with van der Waals surface area (Å²) in [5.74, 6) is 4.07. The van der Waals surface area contributed by atoms with Crippen molar-refractivity contribution in [2.45, 2.75) is 104 Å². The molecule has 0 amide bonds. The van der Waals surface area contributed by atoms with Crippen molar-refractivity contribution in [2.75, 3.05) is 0 Å². The Hall–Kier alpha value is -13.6. The van der Waals surface area contributed by atoms with Crippen molar-refractivity contribution in [3.05, 3.63) is 336 Å². The average Bonchev–Trinajstić information content (AvgIpc) is 1.54. The van der Waals surface area contributed by atoms with Crippen LogP contribution in [-0.4, -0.2) is 0 Å².